The van der Waals surface area contributed by atoms with Crippen LogP contribution in [0.5, 0.6) is 0 Å². The van der Waals surface area contributed by atoms with E-state index in [0.717, 1.165) is 11.6 Å². The molecule has 5 nitrogen and oxygen atoms in total. The summed E-state index contributed by atoms with van der Waals surface area (Å²) in [4.78, 5) is 10.8. The van der Waals surface area contributed by atoms with Crippen molar-refractivity contribution in [2.45, 2.75) is 13.0 Å². The van der Waals surface area contributed by atoms with Crippen LogP contribution in [0.2, 0.25) is 0 Å². The minimum Gasteiger partial charge on any atom is -0.478 e. The van der Waals surface area contributed by atoms with E-state index in [1.165, 1.54) is 0 Å². The van der Waals surface area contributed by atoms with E-state index < -0.39 is 23.2 Å². The number of hydrogen-bond acceptors (Lipinski definition) is 3. The number of halogens is 2. The van der Waals surface area contributed by atoms with E-state index in [0.29, 0.717) is 6.07 Å². The van der Waals surface area contributed by atoms with Crippen molar-refractivity contribution in [2.75, 3.05) is 5.32 Å². The van der Waals surface area contributed by atoms with Crippen LogP contribution in [0.4, 0.5) is 14.5 Å². The summed E-state index contributed by atoms with van der Waals surface area (Å²) >= 11 is 0. The SMILES string of the molecule is CC(Nc1cc(C(=O)O)c(F)cc1F)c1cnn(C)c1. The summed E-state index contributed by atoms with van der Waals surface area (Å²) in [5.41, 5.74) is 0.153. The topological polar surface area (TPSA) is 67.2 Å². The monoisotopic (exact) mass is 281 g/mol. The second kappa shape index (κ2) is 5.28. The Labute approximate surface area is 113 Å². The summed E-state index contributed by atoms with van der Waals surface area (Å²) in [7, 11) is 1.75. The molecule has 1 heterocycles. The van der Waals surface area contributed by atoms with E-state index in [2.05, 4.69) is 10.4 Å². The third-order valence-electron chi connectivity index (χ3n) is 2.88. The first-order valence-electron chi connectivity index (χ1n) is 5.86. The number of rotatable bonds is 4. The van der Waals surface area contributed by atoms with Crippen molar-refractivity contribution in [1.82, 2.24) is 9.78 Å². The summed E-state index contributed by atoms with van der Waals surface area (Å²) in [6.07, 6.45) is 3.36. The Morgan fingerprint density at radius 1 is 1.40 bits per heavy atom. The van der Waals surface area contributed by atoms with Crippen molar-refractivity contribution in [3.05, 3.63) is 47.3 Å². The first-order valence-corrected chi connectivity index (χ1v) is 5.86. The number of aryl methyl sites for hydroxylation is 1. The number of nitrogens with zero attached hydrogens (tertiary/aromatic N) is 2. The van der Waals surface area contributed by atoms with Crippen molar-refractivity contribution >= 4 is 11.7 Å². The zero-order valence-corrected chi connectivity index (χ0v) is 10.9. The van der Waals surface area contributed by atoms with E-state index in [4.69, 9.17) is 5.11 Å². The maximum absolute atomic E-state index is 13.7. The van der Waals surface area contributed by atoms with Crippen LogP contribution < -0.4 is 5.32 Å². The number of carboxylic acids is 1. The fraction of sp³-hybridized carbons (Fsp3) is 0.231. The first kappa shape index (κ1) is 14.0. The van der Waals surface area contributed by atoms with Crippen LogP contribution >= 0.6 is 0 Å². The van der Waals surface area contributed by atoms with Crippen molar-refractivity contribution in [2.24, 2.45) is 7.05 Å². The lowest BCUT2D eigenvalue weighted by Gasteiger charge is -2.15. The van der Waals surface area contributed by atoms with Crippen LogP contribution in [0.25, 0.3) is 0 Å². The largest absolute Gasteiger partial charge is 0.478 e. The molecule has 0 bridgehead atoms. The normalized spacial score (nSPS) is 12.2. The van der Waals surface area contributed by atoms with Gasteiger partial charge in [0, 0.05) is 24.9 Å². The molecule has 1 atom stereocenters. The van der Waals surface area contributed by atoms with Gasteiger partial charge in [0.25, 0.3) is 0 Å². The zero-order chi connectivity index (χ0) is 14.9. The fourth-order valence-electron chi connectivity index (χ4n) is 1.80. The Bertz CT molecular complexity index is 655. The zero-order valence-electron chi connectivity index (χ0n) is 10.9. The van der Waals surface area contributed by atoms with Crippen molar-refractivity contribution in [3.63, 3.8) is 0 Å². The number of aromatic nitrogens is 2. The third kappa shape index (κ3) is 2.76. The Kier molecular flexibility index (Phi) is 3.69. The van der Waals surface area contributed by atoms with Crippen LogP contribution in [0.1, 0.15) is 28.9 Å². The fourth-order valence-corrected chi connectivity index (χ4v) is 1.80. The van der Waals surface area contributed by atoms with Crippen molar-refractivity contribution in [3.8, 4) is 0 Å². The summed E-state index contributed by atoms with van der Waals surface area (Å²) < 4.78 is 28.5. The lowest BCUT2D eigenvalue weighted by Crippen LogP contribution is -2.10. The van der Waals surface area contributed by atoms with E-state index in [-0.39, 0.29) is 11.7 Å². The molecule has 0 radical (unpaired) electrons. The average Bonchev–Trinajstić information content (AvgIpc) is 2.79. The lowest BCUT2D eigenvalue weighted by atomic mass is 10.1. The molecule has 106 valence electrons. The van der Waals surface area contributed by atoms with Gasteiger partial charge in [-0.05, 0) is 13.0 Å². The van der Waals surface area contributed by atoms with E-state index >= 15 is 0 Å². The molecule has 1 aromatic heterocycles. The van der Waals surface area contributed by atoms with Gasteiger partial charge in [-0.25, -0.2) is 13.6 Å². The predicted octanol–water partition coefficient (Wildman–Crippen LogP) is 2.57. The van der Waals surface area contributed by atoms with Gasteiger partial charge in [-0.3, -0.25) is 4.68 Å². The van der Waals surface area contributed by atoms with Gasteiger partial charge in [0.2, 0.25) is 0 Å². The minimum absolute atomic E-state index is 0.0693. The van der Waals surface area contributed by atoms with Crippen LogP contribution in [-0.2, 0) is 7.05 Å². The van der Waals surface area contributed by atoms with Gasteiger partial charge in [0.05, 0.1) is 23.5 Å². The maximum Gasteiger partial charge on any atom is 0.338 e. The molecule has 2 rings (SSSR count). The standard InChI is InChI=1S/C13H13F2N3O2/c1-7(8-5-16-18(2)6-8)17-12-3-9(13(19)20)10(14)4-11(12)15/h3-7,17H,1-2H3,(H,19,20). The van der Waals surface area contributed by atoms with Gasteiger partial charge < -0.3 is 10.4 Å². The summed E-state index contributed by atoms with van der Waals surface area (Å²) in [5, 5.41) is 15.6. The molecule has 0 spiro atoms. The van der Waals surface area contributed by atoms with Gasteiger partial charge in [0.15, 0.2) is 0 Å². The number of anilines is 1. The number of benzene rings is 1. The molecule has 1 aromatic carbocycles. The molecule has 0 saturated carbocycles. The van der Waals surface area contributed by atoms with Gasteiger partial charge in [-0.2, -0.15) is 5.10 Å². The van der Waals surface area contributed by atoms with Gasteiger partial charge in [-0.15, -0.1) is 0 Å². The average molecular weight is 281 g/mol. The van der Waals surface area contributed by atoms with Gasteiger partial charge in [-0.1, -0.05) is 0 Å². The summed E-state index contributed by atoms with van der Waals surface area (Å²) in [6, 6.07) is 1.20. The quantitative estimate of drug-likeness (QED) is 0.904. The number of carbonyl (C=O) groups is 1. The van der Waals surface area contributed by atoms with E-state index in [1.54, 1.807) is 31.0 Å². The molecule has 20 heavy (non-hydrogen) atoms. The lowest BCUT2D eigenvalue weighted by molar-refractivity contribution is 0.0692. The highest BCUT2D eigenvalue weighted by molar-refractivity contribution is 5.89. The Morgan fingerprint density at radius 3 is 2.65 bits per heavy atom. The Morgan fingerprint density at radius 2 is 2.10 bits per heavy atom. The number of hydrogen-bond donors (Lipinski definition) is 2. The molecule has 0 amide bonds. The number of carboxylic acid groups (broad SMARTS) is 1. The Balaban J connectivity index is 2.29. The minimum atomic E-state index is -1.44. The smallest absolute Gasteiger partial charge is 0.338 e. The van der Waals surface area contributed by atoms with Crippen LogP contribution in [0.3, 0.4) is 0 Å². The second-order valence-electron chi connectivity index (χ2n) is 4.43. The number of nitrogens with one attached hydrogen (secondary N) is 1. The molecule has 0 aliphatic heterocycles. The molecule has 0 aliphatic rings. The van der Waals surface area contributed by atoms with E-state index in [9.17, 15) is 13.6 Å². The molecule has 2 aromatic rings. The molecule has 7 heteroatoms. The highest BCUT2D eigenvalue weighted by Gasteiger charge is 2.17. The molecule has 0 aliphatic carbocycles. The second-order valence-corrected chi connectivity index (χ2v) is 4.43. The summed E-state index contributed by atoms with van der Waals surface area (Å²) in [6.45, 7) is 1.76. The molecular formula is C13H13F2N3O2. The van der Waals surface area contributed by atoms with Crippen molar-refractivity contribution in [1.29, 1.82) is 0 Å². The first-order chi connectivity index (χ1) is 9.38. The Hall–Kier alpha value is -2.44. The third-order valence-corrected chi connectivity index (χ3v) is 2.88. The molecule has 1 unspecified atom stereocenters. The maximum atomic E-state index is 13.7. The highest BCUT2D eigenvalue weighted by Crippen LogP contribution is 2.24. The van der Waals surface area contributed by atoms with E-state index in [1.807, 2.05) is 0 Å². The molecule has 0 fully saturated rings. The van der Waals surface area contributed by atoms with Crippen molar-refractivity contribution < 1.29 is 18.7 Å². The van der Waals surface area contributed by atoms with Crippen LogP contribution in [0.15, 0.2) is 24.5 Å². The number of aromatic carboxylic acids is 1. The van der Waals surface area contributed by atoms with Crippen LogP contribution in [-0.4, -0.2) is 20.9 Å². The molecular weight excluding hydrogens is 268 g/mol. The van der Waals surface area contributed by atoms with Gasteiger partial charge >= 0.3 is 5.97 Å². The van der Waals surface area contributed by atoms with Gasteiger partial charge in [0.1, 0.15) is 11.6 Å². The van der Waals surface area contributed by atoms with Crippen LogP contribution in [0, 0.1) is 11.6 Å². The molecule has 0 saturated heterocycles. The highest BCUT2D eigenvalue weighted by atomic mass is 19.1. The summed E-state index contributed by atoms with van der Waals surface area (Å²) in [5.74, 6) is -3.39. The predicted molar refractivity (Wildman–Crippen MR) is 68.6 cm³/mol. The molecule has 2 N–H and O–H groups in total.